The Morgan fingerprint density at radius 2 is 1.72 bits per heavy atom. The Morgan fingerprint density at radius 3 is 2.38 bits per heavy atom. The molecule has 1 fully saturated rings. The third kappa shape index (κ3) is 3.93. The Bertz CT molecular complexity index is 1030. The fourth-order valence-electron chi connectivity index (χ4n) is 4.14. The number of carbonyl (C=O) groups excluding carboxylic acids is 1. The number of hydrogen-bond acceptors (Lipinski definition) is 3. The number of aromatic nitrogens is 2. The molecule has 1 amide bonds. The molecule has 4 rings (SSSR count). The van der Waals surface area contributed by atoms with E-state index < -0.39 is 0 Å². The highest BCUT2D eigenvalue weighted by Crippen LogP contribution is 2.37. The van der Waals surface area contributed by atoms with Crippen molar-refractivity contribution in [1.82, 2.24) is 15.1 Å². The first-order valence-electron chi connectivity index (χ1n) is 10.1. The minimum atomic E-state index is 0.0794. The zero-order chi connectivity index (χ0) is 20.2. The molecule has 29 heavy (non-hydrogen) atoms. The van der Waals surface area contributed by atoms with Gasteiger partial charge in [0.25, 0.3) is 0 Å². The molecule has 3 aromatic rings. The summed E-state index contributed by atoms with van der Waals surface area (Å²) >= 11 is 0. The molecule has 2 atom stereocenters. The standard InChI is InChI=1S/C24H24N4O/c1-2-26-24(29)21-11-12-22(15-21)28-23(13-14-27-28)20-9-7-19(8-10-20)18-5-3-17(16-25)4-6-18/h3-10,13-14,21-22H,2,11-12,15H2,1H3,(H,26,29). The van der Waals surface area contributed by atoms with Gasteiger partial charge < -0.3 is 5.32 Å². The van der Waals surface area contributed by atoms with Crippen LogP contribution in [0.4, 0.5) is 0 Å². The second-order valence-corrected chi connectivity index (χ2v) is 7.49. The van der Waals surface area contributed by atoms with E-state index in [0.29, 0.717) is 12.1 Å². The molecule has 1 heterocycles. The molecule has 0 saturated heterocycles. The van der Waals surface area contributed by atoms with E-state index in [1.807, 2.05) is 43.5 Å². The number of carbonyl (C=O) groups is 1. The zero-order valence-corrected chi connectivity index (χ0v) is 16.5. The number of hydrogen-bond donors (Lipinski definition) is 1. The van der Waals surface area contributed by atoms with Gasteiger partial charge in [-0.1, -0.05) is 36.4 Å². The average molecular weight is 384 g/mol. The van der Waals surface area contributed by atoms with Gasteiger partial charge in [-0.25, -0.2) is 0 Å². The number of nitriles is 1. The topological polar surface area (TPSA) is 70.7 Å². The number of nitrogens with one attached hydrogen (secondary N) is 1. The lowest BCUT2D eigenvalue weighted by Crippen LogP contribution is -2.29. The van der Waals surface area contributed by atoms with Gasteiger partial charge in [0.05, 0.1) is 23.4 Å². The summed E-state index contributed by atoms with van der Waals surface area (Å²) < 4.78 is 2.08. The fourth-order valence-corrected chi connectivity index (χ4v) is 4.14. The Balaban J connectivity index is 1.52. The van der Waals surface area contributed by atoms with E-state index >= 15 is 0 Å². The molecule has 1 aromatic heterocycles. The van der Waals surface area contributed by atoms with Crippen LogP contribution in [0.5, 0.6) is 0 Å². The molecule has 2 unspecified atom stereocenters. The summed E-state index contributed by atoms with van der Waals surface area (Å²) in [4.78, 5) is 12.2. The Labute approximate surface area is 171 Å². The van der Waals surface area contributed by atoms with E-state index in [0.717, 1.165) is 41.6 Å². The normalized spacial score (nSPS) is 18.3. The van der Waals surface area contributed by atoms with E-state index in [1.165, 1.54) is 0 Å². The van der Waals surface area contributed by atoms with Crippen molar-refractivity contribution in [3.05, 3.63) is 66.4 Å². The second kappa shape index (κ2) is 8.32. The fraction of sp³-hybridized carbons (Fsp3) is 0.292. The van der Waals surface area contributed by atoms with E-state index in [9.17, 15) is 4.79 Å². The molecule has 1 aliphatic carbocycles. The maximum absolute atomic E-state index is 12.2. The SMILES string of the molecule is CCNC(=O)C1CCC(n2nccc2-c2ccc(-c3ccc(C#N)cc3)cc2)C1. The van der Waals surface area contributed by atoms with E-state index in [4.69, 9.17) is 5.26 Å². The summed E-state index contributed by atoms with van der Waals surface area (Å²) in [5.74, 6) is 0.242. The summed E-state index contributed by atoms with van der Waals surface area (Å²) in [5.41, 5.74) is 5.06. The zero-order valence-electron chi connectivity index (χ0n) is 16.5. The first-order chi connectivity index (χ1) is 14.2. The van der Waals surface area contributed by atoms with Gasteiger partial charge >= 0.3 is 0 Å². The van der Waals surface area contributed by atoms with Crippen molar-refractivity contribution in [2.75, 3.05) is 6.54 Å². The third-order valence-corrected chi connectivity index (χ3v) is 5.67. The van der Waals surface area contributed by atoms with E-state index in [-0.39, 0.29) is 17.9 Å². The van der Waals surface area contributed by atoms with Crippen LogP contribution in [-0.2, 0) is 4.79 Å². The van der Waals surface area contributed by atoms with Crippen molar-refractivity contribution >= 4 is 5.91 Å². The predicted octanol–water partition coefficient (Wildman–Crippen LogP) is 4.57. The van der Waals surface area contributed by atoms with Crippen molar-refractivity contribution < 1.29 is 4.79 Å². The summed E-state index contributed by atoms with van der Waals surface area (Å²) in [6.45, 7) is 2.64. The molecule has 5 nitrogen and oxygen atoms in total. The first-order valence-corrected chi connectivity index (χ1v) is 10.1. The Morgan fingerprint density at radius 1 is 1.07 bits per heavy atom. The summed E-state index contributed by atoms with van der Waals surface area (Å²) in [6, 6.07) is 20.5. The minimum Gasteiger partial charge on any atom is -0.356 e. The van der Waals surface area contributed by atoms with Crippen LogP contribution in [0.15, 0.2) is 60.8 Å². The summed E-state index contributed by atoms with van der Waals surface area (Å²) in [7, 11) is 0. The molecule has 0 radical (unpaired) electrons. The lowest BCUT2D eigenvalue weighted by molar-refractivity contribution is -0.124. The van der Waals surface area contributed by atoms with Crippen molar-refractivity contribution in [3.8, 4) is 28.5 Å². The van der Waals surface area contributed by atoms with Crippen LogP contribution < -0.4 is 5.32 Å². The Hall–Kier alpha value is -3.39. The first kappa shape index (κ1) is 18.9. The highest BCUT2D eigenvalue weighted by Gasteiger charge is 2.32. The van der Waals surface area contributed by atoms with Crippen molar-refractivity contribution in [2.24, 2.45) is 5.92 Å². The van der Waals surface area contributed by atoms with Crippen LogP contribution >= 0.6 is 0 Å². The Kier molecular flexibility index (Phi) is 5.44. The number of nitrogens with zero attached hydrogens (tertiary/aromatic N) is 3. The van der Waals surface area contributed by atoms with Crippen LogP contribution in [0.25, 0.3) is 22.4 Å². The number of benzene rings is 2. The number of amides is 1. The second-order valence-electron chi connectivity index (χ2n) is 7.49. The molecular weight excluding hydrogens is 360 g/mol. The highest BCUT2D eigenvalue weighted by atomic mass is 16.1. The van der Waals surface area contributed by atoms with Crippen LogP contribution in [0, 0.1) is 17.2 Å². The van der Waals surface area contributed by atoms with Gasteiger partial charge in [0.2, 0.25) is 5.91 Å². The van der Waals surface area contributed by atoms with Crippen LogP contribution in [0.2, 0.25) is 0 Å². The largest absolute Gasteiger partial charge is 0.356 e. The lowest BCUT2D eigenvalue weighted by Gasteiger charge is -2.16. The molecule has 1 saturated carbocycles. The molecule has 0 aliphatic heterocycles. The van der Waals surface area contributed by atoms with E-state index in [2.05, 4.69) is 45.4 Å². The van der Waals surface area contributed by atoms with Crippen molar-refractivity contribution in [1.29, 1.82) is 5.26 Å². The molecule has 0 spiro atoms. The quantitative estimate of drug-likeness (QED) is 0.701. The van der Waals surface area contributed by atoms with E-state index in [1.54, 1.807) is 0 Å². The van der Waals surface area contributed by atoms with Gasteiger partial charge in [0.1, 0.15) is 0 Å². The number of rotatable bonds is 5. The van der Waals surface area contributed by atoms with Crippen LogP contribution in [-0.4, -0.2) is 22.2 Å². The summed E-state index contributed by atoms with van der Waals surface area (Å²) in [6.07, 6.45) is 4.56. The maximum Gasteiger partial charge on any atom is 0.223 e. The molecule has 0 bridgehead atoms. The molecule has 2 aromatic carbocycles. The van der Waals surface area contributed by atoms with Gasteiger partial charge in [-0.15, -0.1) is 0 Å². The van der Waals surface area contributed by atoms with Crippen LogP contribution in [0.3, 0.4) is 0 Å². The maximum atomic E-state index is 12.2. The van der Waals surface area contributed by atoms with Crippen molar-refractivity contribution in [2.45, 2.75) is 32.2 Å². The molecular formula is C24H24N4O. The van der Waals surface area contributed by atoms with Gasteiger partial charge in [-0.3, -0.25) is 9.48 Å². The van der Waals surface area contributed by atoms with Gasteiger partial charge in [-0.2, -0.15) is 10.4 Å². The average Bonchev–Trinajstić information content (AvgIpc) is 3.44. The van der Waals surface area contributed by atoms with Gasteiger partial charge in [-0.05, 0) is 61.1 Å². The monoisotopic (exact) mass is 384 g/mol. The third-order valence-electron chi connectivity index (χ3n) is 5.67. The molecule has 1 aliphatic rings. The molecule has 146 valence electrons. The molecule has 1 N–H and O–H groups in total. The van der Waals surface area contributed by atoms with Crippen molar-refractivity contribution in [3.63, 3.8) is 0 Å². The molecule has 5 heteroatoms. The van der Waals surface area contributed by atoms with Gasteiger partial charge in [0.15, 0.2) is 0 Å². The smallest absolute Gasteiger partial charge is 0.223 e. The van der Waals surface area contributed by atoms with Crippen LogP contribution in [0.1, 0.15) is 37.8 Å². The summed E-state index contributed by atoms with van der Waals surface area (Å²) in [5, 5.41) is 16.5. The van der Waals surface area contributed by atoms with Gasteiger partial charge in [0, 0.05) is 18.7 Å². The lowest BCUT2D eigenvalue weighted by atomic mass is 10.0. The minimum absolute atomic E-state index is 0.0794. The highest BCUT2D eigenvalue weighted by molar-refractivity contribution is 5.79. The predicted molar refractivity (Wildman–Crippen MR) is 113 cm³/mol.